The summed E-state index contributed by atoms with van der Waals surface area (Å²) in [5.74, 6) is -0.315. The summed E-state index contributed by atoms with van der Waals surface area (Å²) in [5, 5.41) is 5.54. The van der Waals surface area contributed by atoms with Gasteiger partial charge in [0.1, 0.15) is 0 Å². The third-order valence-corrected chi connectivity index (χ3v) is 4.48. The Bertz CT molecular complexity index is 846. The quantitative estimate of drug-likeness (QED) is 0.854. The Hall–Kier alpha value is -3.15. The average Bonchev–Trinajstić information content (AvgIpc) is 2.69. The molecule has 0 bridgehead atoms. The second kappa shape index (κ2) is 8.49. The Morgan fingerprint density at radius 2 is 1.78 bits per heavy atom. The lowest BCUT2D eigenvalue weighted by atomic mass is 10.1. The number of amides is 3. The minimum atomic E-state index is -0.264. The van der Waals surface area contributed by atoms with E-state index in [0.717, 1.165) is 25.1 Å². The lowest BCUT2D eigenvalue weighted by Gasteiger charge is -2.26. The molecule has 6 nitrogen and oxygen atoms in total. The van der Waals surface area contributed by atoms with Crippen molar-refractivity contribution >= 4 is 29.1 Å². The molecule has 140 valence electrons. The number of hydrogen-bond donors (Lipinski definition) is 2. The highest BCUT2D eigenvalue weighted by Gasteiger charge is 2.19. The second-order valence-corrected chi connectivity index (χ2v) is 6.44. The first-order valence-corrected chi connectivity index (χ1v) is 9.18. The zero-order valence-corrected chi connectivity index (χ0v) is 15.3. The topological polar surface area (TPSA) is 78.5 Å². The summed E-state index contributed by atoms with van der Waals surface area (Å²) in [7, 11) is 0. The summed E-state index contributed by atoms with van der Waals surface area (Å²) in [5.41, 5.74) is 2.36. The average molecular weight is 365 g/mol. The molecule has 0 aromatic heterocycles. The fourth-order valence-electron chi connectivity index (χ4n) is 3.08. The molecule has 1 heterocycles. The molecule has 0 radical (unpaired) electrons. The van der Waals surface area contributed by atoms with Crippen molar-refractivity contribution in [3.8, 4) is 0 Å². The minimum Gasteiger partial charge on any atom is -0.352 e. The van der Waals surface area contributed by atoms with Gasteiger partial charge in [0.2, 0.25) is 5.91 Å². The molecular formula is C21H23N3O3. The molecule has 0 aliphatic carbocycles. The molecule has 1 saturated heterocycles. The molecule has 6 heteroatoms. The molecule has 0 saturated carbocycles. The summed E-state index contributed by atoms with van der Waals surface area (Å²) in [6.07, 6.45) is 2.51. The van der Waals surface area contributed by atoms with E-state index >= 15 is 0 Å². The van der Waals surface area contributed by atoms with Crippen LogP contribution in [0, 0.1) is 0 Å². The Morgan fingerprint density at radius 3 is 2.48 bits per heavy atom. The Kier molecular flexibility index (Phi) is 5.86. The highest BCUT2D eigenvalue weighted by molar-refractivity contribution is 6.05. The lowest BCUT2D eigenvalue weighted by Crippen LogP contribution is -2.35. The number of anilines is 2. The summed E-state index contributed by atoms with van der Waals surface area (Å²) in [6, 6.07) is 13.8. The molecule has 0 spiro atoms. The van der Waals surface area contributed by atoms with Crippen molar-refractivity contribution in [3.05, 3.63) is 59.7 Å². The van der Waals surface area contributed by atoms with Crippen LogP contribution in [-0.2, 0) is 4.79 Å². The van der Waals surface area contributed by atoms with Crippen molar-refractivity contribution in [1.82, 2.24) is 5.32 Å². The van der Waals surface area contributed by atoms with Crippen molar-refractivity contribution in [2.24, 2.45) is 0 Å². The standard InChI is InChI=1S/C21H23N3O3/c1-2-22-20(26)16-6-5-7-17(14-16)23-21(27)15-9-11-18(12-10-15)24-13-4-3-8-19(24)25/h5-7,9-12,14H,2-4,8,13H2,1H3,(H,22,26)(H,23,27). The molecule has 0 unspecified atom stereocenters. The number of hydrogen-bond acceptors (Lipinski definition) is 3. The summed E-state index contributed by atoms with van der Waals surface area (Å²) < 4.78 is 0. The normalized spacial score (nSPS) is 14.0. The van der Waals surface area contributed by atoms with Crippen LogP contribution in [0.25, 0.3) is 0 Å². The predicted molar refractivity (Wildman–Crippen MR) is 105 cm³/mol. The van der Waals surface area contributed by atoms with E-state index in [1.807, 2.05) is 6.92 Å². The molecule has 1 fully saturated rings. The van der Waals surface area contributed by atoms with E-state index in [9.17, 15) is 14.4 Å². The van der Waals surface area contributed by atoms with Gasteiger partial charge in [0.25, 0.3) is 11.8 Å². The van der Waals surface area contributed by atoms with Gasteiger partial charge in [-0.25, -0.2) is 0 Å². The number of carbonyl (C=O) groups excluding carboxylic acids is 3. The van der Waals surface area contributed by atoms with E-state index in [4.69, 9.17) is 0 Å². The molecule has 3 rings (SSSR count). The molecule has 1 aliphatic heterocycles. The van der Waals surface area contributed by atoms with Gasteiger partial charge in [-0.2, -0.15) is 0 Å². The first-order valence-electron chi connectivity index (χ1n) is 9.18. The number of nitrogens with one attached hydrogen (secondary N) is 2. The van der Waals surface area contributed by atoms with Gasteiger partial charge in [0.05, 0.1) is 0 Å². The minimum absolute atomic E-state index is 0.126. The van der Waals surface area contributed by atoms with Crippen molar-refractivity contribution in [2.75, 3.05) is 23.3 Å². The maximum Gasteiger partial charge on any atom is 0.255 e. The zero-order valence-electron chi connectivity index (χ0n) is 15.3. The zero-order chi connectivity index (χ0) is 19.2. The molecule has 1 aliphatic rings. The molecule has 0 atom stereocenters. The van der Waals surface area contributed by atoms with Gasteiger partial charge in [-0.15, -0.1) is 0 Å². The van der Waals surface area contributed by atoms with Crippen LogP contribution in [0.4, 0.5) is 11.4 Å². The Labute approximate surface area is 158 Å². The SMILES string of the molecule is CCNC(=O)c1cccc(NC(=O)c2ccc(N3CCCCC3=O)cc2)c1. The van der Waals surface area contributed by atoms with Gasteiger partial charge >= 0.3 is 0 Å². The van der Waals surface area contributed by atoms with Crippen molar-refractivity contribution in [2.45, 2.75) is 26.2 Å². The molecule has 2 aromatic rings. The highest BCUT2D eigenvalue weighted by Crippen LogP contribution is 2.21. The predicted octanol–water partition coefficient (Wildman–Crippen LogP) is 3.21. The smallest absolute Gasteiger partial charge is 0.255 e. The molecule has 27 heavy (non-hydrogen) atoms. The van der Waals surface area contributed by atoms with E-state index in [0.29, 0.717) is 29.8 Å². The monoisotopic (exact) mass is 365 g/mol. The first-order chi connectivity index (χ1) is 13.1. The van der Waals surface area contributed by atoms with Gasteiger partial charge in [0, 0.05) is 42.0 Å². The molecule has 3 amide bonds. The second-order valence-electron chi connectivity index (χ2n) is 6.44. The van der Waals surface area contributed by atoms with Crippen molar-refractivity contribution in [3.63, 3.8) is 0 Å². The van der Waals surface area contributed by atoms with E-state index < -0.39 is 0 Å². The first kappa shape index (κ1) is 18.6. The van der Waals surface area contributed by atoms with Crippen LogP contribution < -0.4 is 15.5 Å². The van der Waals surface area contributed by atoms with Gasteiger partial charge in [-0.1, -0.05) is 6.07 Å². The summed E-state index contributed by atoms with van der Waals surface area (Å²) in [4.78, 5) is 38.2. The third-order valence-electron chi connectivity index (χ3n) is 4.48. The fraction of sp³-hybridized carbons (Fsp3) is 0.286. The van der Waals surface area contributed by atoms with Crippen LogP contribution in [0.2, 0.25) is 0 Å². The van der Waals surface area contributed by atoms with E-state index in [2.05, 4.69) is 10.6 Å². The molecule has 2 aromatic carbocycles. The number of benzene rings is 2. The number of carbonyl (C=O) groups is 3. The van der Waals surface area contributed by atoms with Crippen LogP contribution in [-0.4, -0.2) is 30.8 Å². The Balaban J connectivity index is 1.68. The van der Waals surface area contributed by atoms with Crippen LogP contribution in [0.15, 0.2) is 48.5 Å². The van der Waals surface area contributed by atoms with Gasteiger partial charge in [-0.3, -0.25) is 14.4 Å². The number of piperidine rings is 1. The fourth-order valence-corrected chi connectivity index (χ4v) is 3.08. The van der Waals surface area contributed by atoms with Crippen LogP contribution >= 0.6 is 0 Å². The highest BCUT2D eigenvalue weighted by atomic mass is 16.2. The van der Waals surface area contributed by atoms with Gasteiger partial charge in [0.15, 0.2) is 0 Å². The molecule has 2 N–H and O–H groups in total. The van der Waals surface area contributed by atoms with Gasteiger partial charge < -0.3 is 15.5 Å². The van der Waals surface area contributed by atoms with Crippen molar-refractivity contribution in [1.29, 1.82) is 0 Å². The maximum absolute atomic E-state index is 12.5. The number of nitrogens with zero attached hydrogens (tertiary/aromatic N) is 1. The largest absolute Gasteiger partial charge is 0.352 e. The summed E-state index contributed by atoms with van der Waals surface area (Å²) in [6.45, 7) is 3.11. The lowest BCUT2D eigenvalue weighted by molar-refractivity contribution is -0.119. The number of rotatable bonds is 5. The van der Waals surface area contributed by atoms with E-state index in [-0.39, 0.29) is 17.7 Å². The van der Waals surface area contributed by atoms with Crippen LogP contribution in [0.5, 0.6) is 0 Å². The summed E-state index contributed by atoms with van der Waals surface area (Å²) >= 11 is 0. The third kappa shape index (κ3) is 4.53. The Morgan fingerprint density at radius 1 is 1.00 bits per heavy atom. The maximum atomic E-state index is 12.5. The van der Waals surface area contributed by atoms with Crippen molar-refractivity contribution < 1.29 is 14.4 Å². The van der Waals surface area contributed by atoms with Crippen LogP contribution in [0.3, 0.4) is 0 Å². The molecular weight excluding hydrogens is 342 g/mol. The van der Waals surface area contributed by atoms with E-state index in [1.165, 1.54) is 0 Å². The van der Waals surface area contributed by atoms with Gasteiger partial charge in [-0.05, 0) is 62.2 Å². The van der Waals surface area contributed by atoms with Crippen LogP contribution in [0.1, 0.15) is 46.9 Å². The van der Waals surface area contributed by atoms with E-state index in [1.54, 1.807) is 53.4 Å².